The molecule has 0 radical (unpaired) electrons. The van der Waals surface area contributed by atoms with Gasteiger partial charge in [-0.15, -0.1) is 0 Å². The molecule has 4 nitrogen and oxygen atoms in total. The van der Waals surface area contributed by atoms with Crippen molar-refractivity contribution in [1.82, 2.24) is 10.2 Å². The summed E-state index contributed by atoms with van der Waals surface area (Å²) in [7, 11) is 1.77. The Morgan fingerprint density at radius 3 is 2.83 bits per heavy atom. The van der Waals surface area contributed by atoms with Gasteiger partial charge in [-0.2, -0.15) is 0 Å². The zero-order chi connectivity index (χ0) is 9.14. The minimum absolute atomic E-state index is 0.0778. The van der Waals surface area contributed by atoms with Crippen molar-refractivity contribution >= 4 is 5.91 Å². The van der Waals surface area contributed by atoms with E-state index in [1.54, 1.807) is 11.9 Å². The first kappa shape index (κ1) is 9.48. The lowest BCUT2D eigenvalue weighted by Crippen LogP contribution is -2.41. The highest BCUT2D eigenvalue weighted by atomic mass is 16.3. The fraction of sp³-hybridized carbons (Fsp3) is 0.875. The summed E-state index contributed by atoms with van der Waals surface area (Å²) >= 11 is 0. The van der Waals surface area contributed by atoms with Crippen molar-refractivity contribution in [3.8, 4) is 0 Å². The van der Waals surface area contributed by atoms with E-state index in [1.165, 1.54) is 0 Å². The van der Waals surface area contributed by atoms with Gasteiger partial charge in [0.1, 0.15) is 0 Å². The van der Waals surface area contributed by atoms with Crippen molar-refractivity contribution in [3.63, 3.8) is 0 Å². The number of aliphatic hydroxyl groups is 1. The van der Waals surface area contributed by atoms with Crippen molar-refractivity contribution in [2.75, 3.05) is 20.1 Å². The molecule has 2 N–H and O–H groups in total. The zero-order valence-electron chi connectivity index (χ0n) is 7.58. The molecule has 1 amide bonds. The Labute approximate surface area is 72.6 Å². The third-order valence-electron chi connectivity index (χ3n) is 2.26. The van der Waals surface area contributed by atoms with Gasteiger partial charge < -0.3 is 15.3 Å². The van der Waals surface area contributed by atoms with Crippen molar-refractivity contribution in [3.05, 3.63) is 0 Å². The third kappa shape index (κ3) is 1.95. The van der Waals surface area contributed by atoms with Gasteiger partial charge in [0.2, 0.25) is 5.91 Å². The molecular weight excluding hydrogens is 156 g/mol. The van der Waals surface area contributed by atoms with Gasteiger partial charge in [0, 0.05) is 20.1 Å². The SMILES string of the molecule is CCN(C)C(=O)[C@@H]1CC(O)CN1. The van der Waals surface area contributed by atoms with Gasteiger partial charge in [0.15, 0.2) is 0 Å². The number of β-amino-alcohol motifs (C(OH)–C–C–N with tert-alkyl or cyclic N) is 1. The molecule has 2 atom stereocenters. The Bertz CT molecular complexity index is 172. The van der Waals surface area contributed by atoms with Gasteiger partial charge in [-0.1, -0.05) is 0 Å². The largest absolute Gasteiger partial charge is 0.392 e. The van der Waals surface area contributed by atoms with Crippen molar-refractivity contribution < 1.29 is 9.90 Å². The predicted octanol–water partition coefficient (Wildman–Crippen LogP) is -0.813. The summed E-state index contributed by atoms with van der Waals surface area (Å²) in [6, 6.07) is -0.176. The van der Waals surface area contributed by atoms with Crippen LogP contribution in [0, 0.1) is 0 Å². The Morgan fingerprint density at radius 2 is 2.42 bits per heavy atom. The molecule has 12 heavy (non-hydrogen) atoms. The lowest BCUT2D eigenvalue weighted by atomic mass is 10.2. The summed E-state index contributed by atoms with van der Waals surface area (Å²) in [6.45, 7) is 3.18. The number of carbonyl (C=O) groups is 1. The maximum absolute atomic E-state index is 11.5. The maximum Gasteiger partial charge on any atom is 0.239 e. The summed E-state index contributed by atoms with van der Waals surface area (Å²) < 4.78 is 0. The number of aliphatic hydroxyl groups excluding tert-OH is 1. The Hall–Kier alpha value is -0.610. The smallest absolute Gasteiger partial charge is 0.239 e. The number of nitrogens with one attached hydrogen (secondary N) is 1. The molecule has 0 saturated carbocycles. The molecule has 1 heterocycles. The molecule has 70 valence electrons. The summed E-state index contributed by atoms with van der Waals surface area (Å²) in [6.07, 6.45) is 0.188. The lowest BCUT2D eigenvalue weighted by molar-refractivity contribution is -0.131. The fourth-order valence-corrected chi connectivity index (χ4v) is 1.33. The van der Waals surface area contributed by atoms with Crippen LogP contribution in [0.1, 0.15) is 13.3 Å². The first-order chi connectivity index (χ1) is 5.65. The number of hydrogen-bond donors (Lipinski definition) is 2. The quantitative estimate of drug-likeness (QED) is 0.572. The molecule has 0 aromatic carbocycles. The number of likely N-dealkylation sites (N-methyl/N-ethyl adjacent to an activating group) is 1. The van der Waals surface area contributed by atoms with Crippen LogP contribution in [0.25, 0.3) is 0 Å². The van der Waals surface area contributed by atoms with E-state index in [1.807, 2.05) is 6.92 Å². The summed E-state index contributed by atoms with van der Waals surface area (Å²) in [5.74, 6) is 0.0778. The molecule has 1 unspecified atom stereocenters. The standard InChI is InChI=1S/C8H16N2O2/c1-3-10(2)8(12)7-4-6(11)5-9-7/h6-7,9,11H,3-5H2,1-2H3/t6?,7-/m0/s1. The number of nitrogens with zero attached hydrogens (tertiary/aromatic N) is 1. The average Bonchev–Trinajstić information content (AvgIpc) is 2.49. The zero-order valence-corrected chi connectivity index (χ0v) is 7.58. The fourth-order valence-electron chi connectivity index (χ4n) is 1.33. The van der Waals surface area contributed by atoms with Crippen molar-refractivity contribution in [2.24, 2.45) is 0 Å². The molecule has 1 aliphatic rings. The van der Waals surface area contributed by atoms with Crippen LogP contribution in [-0.4, -0.2) is 48.2 Å². The van der Waals surface area contributed by atoms with E-state index >= 15 is 0 Å². The Morgan fingerprint density at radius 1 is 1.75 bits per heavy atom. The van der Waals surface area contributed by atoms with E-state index in [0.717, 1.165) is 0 Å². The average molecular weight is 172 g/mol. The monoisotopic (exact) mass is 172 g/mol. The van der Waals surface area contributed by atoms with E-state index in [2.05, 4.69) is 5.32 Å². The van der Waals surface area contributed by atoms with E-state index in [4.69, 9.17) is 5.11 Å². The first-order valence-electron chi connectivity index (χ1n) is 4.31. The van der Waals surface area contributed by atoms with Crippen LogP contribution in [0.4, 0.5) is 0 Å². The highest BCUT2D eigenvalue weighted by Gasteiger charge is 2.29. The minimum atomic E-state index is -0.357. The highest BCUT2D eigenvalue weighted by Crippen LogP contribution is 2.08. The van der Waals surface area contributed by atoms with Crippen LogP contribution in [0.15, 0.2) is 0 Å². The highest BCUT2D eigenvalue weighted by molar-refractivity contribution is 5.82. The molecule has 0 bridgehead atoms. The van der Waals surface area contributed by atoms with Crippen LogP contribution in [0.5, 0.6) is 0 Å². The van der Waals surface area contributed by atoms with Gasteiger partial charge in [0.25, 0.3) is 0 Å². The van der Waals surface area contributed by atoms with Crippen LogP contribution in [0.2, 0.25) is 0 Å². The summed E-state index contributed by atoms with van der Waals surface area (Å²) in [5, 5.41) is 12.1. The van der Waals surface area contributed by atoms with Crippen LogP contribution in [-0.2, 0) is 4.79 Å². The number of carbonyl (C=O) groups excluding carboxylic acids is 1. The first-order valence-corrected chi connectivity index (χ1v) is 4.31. The van der Waals surface area contributed by atoms with Gasteiger partial charge in [-0.25, -0.2) is 0 Å². The second kappa shape index (κ2) is 3.87. The van der Waals surface area contributed by atoms with Crippen LogP contribution < -0.4 is 5.32 Å². The Balaban J connectivity index is 2.43. The summed E-state index contributed by atoms with van der Waals surface area (Å²) in [5.41, 5.74) is 0. The molecule has 1 fully saturated rings. The molecular formula is C8H16N2O2. The molecule has 1 aliphatic heterocycles. The van der Waals surface area contributed by atoms with Crippen LogP contribution >= 0.6 is 0 Å². The second-order valence-electron chi connectivity index (χ2n) is 3.20. The molecule has 0 aromatic rings. The Kier molecular flexibility index (Phi) is 3.05. The molecule has 0 aromatic heterocycles. The molecule has 0 aliphatic carbocycles. The maximum atomic E-state index is 11.5. The van der Waals surface area contributed by atoms with E-state index in [9.17, 15) is 4.79 Å². The third-order valence-corrected chi connectivity index (χ3v) is 2.26. The van der Waals surface area contributed by atoms with Gasteiger partial charge in [-0.05, 0) is 13.3 Å². The van der Waals surface area contributed by atoms with Gasteiger partial charge in [0.05, 0.1) is 12.1 Å². The number of rotatable bonds is 2. The number of hydrogen-bond acceptors (Lipinski definition) is 3. The topological polar surface area (TPSA) is 52.6 Å². The molecule has 1 rings (SSSR count). The lowest BCUT2D eigenvalue weighted by Gasteiger charge is -2.18. The van der Waals surface area contributed by atoms with Crippen molar-refractivity contribution in [2.45, 2.75) is 25.5 Å². The van der Waals surface area contributed by atoms with E-state index in [-0.39, 0.29) is 18.1 Å². The molecule has 4 heteroatoms. The van der Waals surface area contributed by atoms with E-state index < -0.39 is 0 Å². The van der Waals surface area contributed by atoms with Crippen LogP contribution in [0.3, 0.4) is 0 Å². The second-order valence-corrected chi connectivity index (χ2v) is 3.20. The number of amides is 1. The van der Waals surface area contributed by atoms with Crippen molar-refractivity contribution in [1.29, 1.82) is 0 Å². The molecule has 1 saturated heterocycles. The minimum Gasteiger partial charge on any atom is -0.392 e. The normalized spacial score (nSPS) is 28.9. The van der Waals surface area contributed by atoms with E-state index in [0.29, 0.717) is 19.5 Å². The predicted molar refractivity (Wildman–Crippen MR) is 45.7 cm³/mol. The molecule has 0 spiro atoms. The van der Waals surface area contributed by atoms with Gasteiger partial charge >= 0.3 is 0 Å². The van der Waals surface area contributed by atoms with Gasteiger partial charge in [-0.3, -0.25) is 4.79 Å². The summed E-state index contributed by atoms with van der Waals surface area (Å²) in [4.78, 5) is 13.1.